The number of hydrogen-bond acceptors (Lipinski definition) is 5. The SMILES string of the molecule is COc1cc(-n2cc(OC(F)F)cn2)c(B(O)O)cc1Br. The number of ether oxygens (including phenoxy) is 2. The second kappa shape index (κ2) is 6.42. The molecule has 2 N–H and O–H groups in total. The molecule has 1 aromatic heterocycles. The summed E-state index contributed by atoms with van der Waals surface area (Å²) < 4.78 is 35.3. The highest BCUT2D eigenvalue weighted by atomic mass is 79.9. The minimum atomic E-state index is -2.97. The van der Waals surface area contributed by atoms with Gasteiger partial charge in [0, 0.05) is 11.5 Å². The molecule has 2 aromatic rings. The molecule has 1 aromatic carbocycles. The molecule has 0 bridgehead atoms. The third-order valence-corrected chi connectivity index (χ3v) is 3.23. The molecule has 0 unspecified atom stereocenters. The summed E-state index contributed by atoms with van der Waals surface area (Å²) in [5.41, 5.74) is 0.378. The van der Waals surface area contributed by atoms with Crippen molar-refractivity contribution in [3.05, 3.63) is 29.0 Å². The number of halogens is 3. The van der Waals surface area contributed by atoms with Gasteiger partial charge in [0.1, 0.15) is 5.75 Å². The highest BCUT2D eigenvalue weighted by Crippen LogP contribution is 2.27. The molecule has 0 atom stereocenters. The van der Waals surface area contributed by atoms with E-state index in [1.807, 2.05) is 0 Å². The average Bonchev–Trinajstić information content (AvgIpc) is 2.85. The van der Waals surface area contributed by atoms with Crippen molar-refractivity contribution in [1.29, 1.82) is 0 Å². The van der Waals surface area contributed by atoms with Gasteiger partial charge < -0.3 is 19.5 Å². The van der Waals surface area contributed by atoms with Crippen LogP contribution in [0.5, 0.6) is 11.5 Å². The first-order valence-corrected chi connectivity index (χ1v) is 6.45. The van der Waals surface area contributed by atoms with Crippen molar-refractivity contribution < 1.29 is 28.3 Å². The second-order valence-electron chi connectivity index (χ2n) is 3.92. The quantitative estimate of drug-likeness (QED) is 0.774. The molecular weight excluding hydrogens is 353 g/mol. The zero-order valence-corrected chi connectivity index (χ0v) is 12.3. The minimum Gasteiger partial charge on any atom is -0.495 e. The highest BCUT2D eigenvalue weighted by molar-refractivity contribution is 9.10. The van der Waals surface area contributed by atoms with Crippen molar-refractivity contribution in [2.45, 2.75) is 6.61 Å². The molecule has 21 heavy (non-hydrogen) atoms. The van der Waals surface area contributed by atoms with Gasteiger partial charge >= 0.3 is 13.7 Å². The fraction of sp³-hybridized carbons (Fsp3) is 0.182. The average molecular weight is 363 g/mol. The first-order valence-electron chi connectivity index (χ1n) is 5.65. The predicted octanol–water partition coefficient (Wildman–Crippen LogP) is 0.925. The van der Waals surface area contributed by atoms with E-state index in [1.165, 1.54) is 30.1 Å². The Morgan fingerprint density at radius 2 is 2.10 bits per heavy atom. The van der Waals surface area contributed by atoms with Gasteiger partial charge in [-0.15, -0.1) is 0 Å². The smallest absolute Gasteiger partial charge is 0.490 e. The van der Waals surface area contributed by atoms with Gasteiger partial charge in [-0.3, -0.25) is 0 Å². The van der Waals surface area contributed by atoms with E-state index < -0.39 is 13.7 Å². The van der Waals surface area contributed by atoms with E-state index in [1.54, 1.807) is 0 Å². The van der Waals surface area contributed by atoms with Gasteiger partial charge in [0.05, 0.1) is 29.7 Å². The van der Waals surface area contributed by atoms with E-state index in [2.05, 4.69) is 25.8 Å². The van der Waals surface area contributed by atoms with Crippen LogP contribution in [0.3, 0.4) is 0 Å². The zero-order valence-electron chi connectivity index (χ0n) is 10.7. The summed E-state index contributed by atoms with van der Waals surface area (Å²) in [5.74, 6) is 0.270. The van der Waals surface area contributed by atoms with E-state index in [-0.39, 0.29) is 16.9 Å². The summed E-state index contributed by atoms with van der Waals surface area (Å²) in [4.78, 5) is 0. The maximum atomic E-state index is 12.1. The van der Waals surface area contributed by atoms with Crippen molar-refractivity contribution in [3.8, 4) is 17.2 Å². The molecule has 1 heterocycles. The molecule has 10 heteroatoms. The minimum absolute atomic E-state index is 0.120. The van der Waals surface area contributed by atoms with Gasteiger partial charge in [-0.25, -0.2) is 4.68 Å². The second-order valence-corrected chi connectivity index (χ2v) is 4.77. The Hall–Kier alpha value is -1.65. The van der Waals surface area contributed by atoms with E-state index in [0.29, 0.717) is 10.2 Å². The highest BCUT2D eigenvalue weighted by Gasteiger charge is 2.21. The lowest BCUT2D eigenvalue weighted by atomic mass is 9.79. The number of methoxy groups -OCH3 is 1. The first-order chi connectivity index (χ1) is 9.92. The fourth-order valence-corrected chi connectivity index (χ4v) is 2.24. The summed E-state index contributed by atoms with van der Waals surface area (Å²) >= 11 is 3.22. The molecule has 0 amide bonds. The number of aromatic nitrogens is 2. The number of hydrogen-bond donors (Lipinski definition) is 2. The maximum Gasteiger partial charge on any atom is 0.490 e. The van der Waals surface area contributed by atoms with Gasteiger partial charge in [0.25, 0.3) is 0 Å². The lowest BCUT2D eigenvalue weighted by molar-refractivity contribution is -0.0498. The largest absolute Gasteiger partial charge is 0.495 e. The monoisotopic (exact) mass is 362 g/mol. The molecule has 0 saturated heterocycles. The van der Waals surface area contributed by atoms with Crippen molar-refractivity contribution in [2.24, 2.45) is 0 Å². The number of rotatable bonds is 5. The molecule has 0 radical (unpaired) electrons. The van der Waals surface area contributed by atoms with Gasteiger partial charge in [0.15, 0.2) is 5.75 Å². The summed E-state index contributed by atoms with van der Waals surface area (Å²) in [5, 5.41) is 22.7. The van der Waals surface area contributed by atoms with Crippen LogP contribution >= 0.6 is 15.9 Å². The molecule has 0 saturated carbocycles. The normalized spacial score (nSPS) is 10.8. The van der Waals surface area contributed by atoms with Crippen LogP contribution in [0.4, 0.5) is 8.78 Å². The Morgan fingerprint density at radius 1 is 1.38 bits per heavy atom. The maximum absolute atomic E-state index is 12.1. The topological polar surface area (TPSA) is 76.7 Å². The third-order valence-electron chi connectivity index (χ3n) is 2.61. The van der Waals surface area contributed by atoms with Crippen LogP contribution in [0.2, 0.25) is 0 Å². The predicted molar refractivity (Wildman–Crippen MR) is 74.3 cm³/mol. The van der Waals surface area contributed by atoms with E-state index >= 15 is 0 Å². The Morgan fingerprint density at radius 3 is 2.67 bits per heavy atom. The van der Waals surface area contributed by atoms with Gasteiger partial charge in [-0.05, 0) is 22.0 Å². The zero-order chi connectivity index (χ0) is 15.6. The molecule has 112 valence electrons. The molecule has 0 aliphatic carbocycles. The van der Waals surface area contributed by atoms with Crippen LogP contribution in [0.15, 0.2) is 29.0 Å². The van der Waals surface area contributed by atoms with Crippen LogP contribution in [0.1, 0.15) is 0 Å². The molecule has 0 aliphatic heterocycles. The Bertz CT molecular complexity index is 639. The summed E-state index contributed by atoms with van der Waals surface area (Å²) in [6.07, 6.45) is 2.29. The van der Waals surface area contributed by atoms with E-state index in [0.717, 1.165) is 6.20 Å². The number of nitrogens with zero attached hydrogens (tertiary/aromatic N) is 2. The summed E-state index contributed by atoms with van der Waals surface area (Å²) in [7, 11) is -0.334. The van der Waals surface area contributed by atoms with Crippen LogP contribution in [-0.2, 0) is 0 Å². The molecule has 0 aliphatic rings. The summed E-state index contributed by atoms with van der Waals surface area (Å²) in [6.45, 7) is -2.97. The van der Waals surface area contributed by atoms with E-state index in [4.69, 9.17) is 4.74 Å². The lowest BCUT2D eigenvalue weighted by Gasteiger charge is -2.12. The van der Waals surface area contributed by atoms with Crippen LogP contribution < -0.4 is 14.9 Å². The standard InChI is InChI=1S/C11H10BBrF2N2O4/c1-20-10-3-9(7(12(18)19)2-8(10)13)17-5-6(4-16-17)21-11(14)15/h2-5,11,18-19H,1H3. The molecule has 0 spiro atoms. The number of alkyl halides is 2. The van der Waals surface area contributed by atoms with E-state index in [9.17, 15) is 18.8 Å². The van der Waals surface area contributed by atoms with Crippen molar-refractivity contribution >= 4 is 28.5 Å². The first kappa shape index (κ1) is 15.7. The Labute approximate surface area is 127 Å². The third kappa shape index (κ3) is 3.52. The van der Waals surface area contributed by atoms with Crippen LogP contribution in [0.25, 0.3) is 5.69 Å². The van der Waals surface area contributed by atoms with Crippen molar-refractivity contribution in [3.63, 3.8) is 0 Å². The van der Waals surface area contributed by atoms with Crippen molar-refractivity contribution in [1.82, 2.24) is 9.78 Å². The van der Waals surface area contributed by atoms with Crippen LogP contribution in [-0.4, -0.2) is 40.7 Å². The summed E-state index contributed by atoms with van der Waals surface area (Å²) in [6, 6.07) is 2.92. The van der Waals surface area contributed by atoms with Crippen molar-refractivity contribution in [2.75, 3.05) is 7.11 Å². The van der Waals surface area contributed by atoms with Gasteiger partial charge in [-0.1, -0.05) is 0 Å². The van der Waals surface area contributed by atoms with Gasteiger partial charge in [0.2, 0.25) is 0 Å². The number of benzene rings is 1. The molecular formula is C11H10BBrF2N2O4. The molecule has 0 fully saturated rings. The molecule has 2 rings (SSSR count). The fourth-order valence-electron chi connectivity index (χ4n) is 1.72. The Balaban J connectivity index is 2.48. The molecule has 6 nitrogen and oxygen atoms in total. The van der Waals surface area contributed by atoms with Crippen LogP contribution in [0, 0.1) is 0 Å². The van der Waals surface area contributed by atoms with Gasteiger partial charge in [-0.2, -0.15) is 13.9 Å². The Kier molecular flexibility index (Phi) is 4.81. The lowest BCUT2D eigenvalue weighted by Crippen LogP contribution is -2.33.